The Morgan fingerprint density at radius 1 is 1.17 bits per heavy atom. The van der Waals surface area contributed by atoms with E-state index in [4.69, 9.17) is 0 Å². The van der Waals surface area contributed by atoms with E-state index >= 15 is 0 Å². The van der Waals surface area contributed by atoms with Crippen molar-refractivity contribution in [3.05, 3.63) is 64.7 Å². The lowest BCUT2D eigenvalue weighted by Gasteiger charge is -2.17. The maximum atomic E-state index is 12.9. The van der Waals surface area contributed by atoms with Gasteiger partial charge in [-0.15, -0.1) is 0 Å². The molecule has 0 aliphatic carbocycles. The first-order chi connectivity index (χ1) is 11.2. The standard InChI is InChI=1S/C19H22N2O2/c1-3-9-16(4-2)21-14-20-18-11-8-6-5-7-10-15(13-22)12-17(18)19(21)23/h5-8,10-14,16H,3-4,9H2,1-2H3. The molecule has 2 rings (SSSR count). The van der Waals surface area contributed by atoms with Gasteiger partial charge in [0, 0.05) is 11.6 Å². The van der Waals surface area contributed by atoms with Crippen LogP contribution in [-0.2, 0) is 0 Å². The van der Waals surface area contributed by atoms with Gasteiger partial charge in [-0.1, -0.05) is 50.6 Å². The lowest BCUT2D eigenvalue weighted by Crippen LogP contribution is -2.24. The number of rotatable bonds is 5. The molecule has 2 aromatic rings. The molecule has 0 radical (unpaired) electrons. The zero-order valence-corrected chi connectivity index (χ0v) is 13.6. The van der Waals surface area contributed by atoms with E-state index in [1.807, 2.05) is 18.2 Å². The molecule has 0 aliphatic rings. The first-order valence-electron chi connectivity index (χ1n) is 8.00. The number of hydrogen-bond donors (Lipinski definition) is 0. The summed E-state index contributed by atoms with van der Waals surface area (Å²) in [6.07, 6.45) is 5.18. The minimum absolute atomic E-state index is 0.0998. The highest BCUT2D eigenvalue weighted by Crippen LogP contribution is 2.16. The summed E-state index contributed by atoms with van der Waals surface area (Å²) in [6.45, 7) is 4.17. The number of fused-ring (bicyclic) bond motifs is 1. The van der Waals surface area contributed by atoms with Gasteiger partial charge in [0.1, 0.15) is 6.29 Å². The molecule has 23 heavy (non-hydrogen) atoms. The number of carbonyl (C=O) groups is 1. The van der Waals surface area contributed by atoms with Crippen LogP contribution in [0.2, 0.25) is 0 Å². The third-order valence-corrected chi connectivity index (χ3v) is 3.87. The van der Waals surface area contributed by atoms with Gasteiger partial charge in [0.25, 0.3) is 5.56 Å². The molecule has 1 unspecified atom stereocenters. The Hall–Kier alpha value is -2.49. The lowest BCUT2D eigenvalue weighted by atomic mass is 10.1. The molecule has 0 bridgehead atoms. The van der Waals surface area contributed by atoms with Crippen molar-refractivity contribution in [3.8, 4) is 0 Å². The summed E-state index contributed by atoms with van der Waals surface area (Å²) in [5, 5.41) is 0.459. The largest absolute Gasteiger partial charge is 0.298 e. The molecule has 1 heterocycles. The molecular formula is C19H22N2O2. The van der Waals surface area contributed by atoms with Crippen LogP contribution < -0.4 is 5.56 Å². The Kier molecular flexibility index (Phi) is 6.03. The first-order valence-corrected chi connectivity index (χ1v) is 8.00. The topological polar surface area (TPSA) is 52.0 Å². The second kappa shape index (κ2) is 8.22. The Morgan fingerprint density at radius 3 is 2.57 bits per heavy atom. The fourth-order valence-electron chi connectivity index (χ4n) is 2.63. The summed E-state index contributed by atoms with van der Waals surface area (Å²) in [4.78, 5) is 28.6. The van der Waals surface area contributed by atoms with Crippen molar-refractivity contribution in [1.82, 2.24) is 9.55 Å². The smallest absolute Gasteiger partial charge is 0.261 e. The van der Waals surface area contributed by atoms with Gasteiger partial charge in [0.15, 0.2) is 0 Å². The monoisotopic (exact) mass is 310 g/mol. The van der Waals surface area contributed by atoms with Crippen molar-refractivity contribution < 1.29 is 4.79 Å². The van der Waals surface area contributed by atoms with Gasteiger partial charge >= 0.3 is 0 Å². The van der Waals surface area contributed by atoms with E-state index in [0.717, 1.165) is 25.5 Å². The molecule has 0 fully saturated rings. The number of aldehydes is 1. The predicted molar refractivity (Wildman–Crippen MR) is 93.3 cm³/mol. The van der Waals surface area contributed by atoms with Gasteiger partial charge in [0.05, 0.1) is 17.2 Å². The van der Waals surface area contributed by atoms with Crippen LogP contribution >= 0.6 is 0 Å². The lowest BCUT2D eigenvalue weighted by molar-refractivity contribution is 0.112. The third-order valence-electron chi connectivity index (χ3n) is 3.87. The predicted octanol–water partition coefficient (Wildman–Crippen LogP) is 4.08. The maximum Gasteiger partial charge on any atom is 0.261 e. The molecule has 0 saturated heterocycles. The van der Waals surface area contributed by atoms with Crippen LogP contribution in [0.25, 0.3) is 10.9 Å². The van der Waals surface area contributed by atoms with Crippen LogP contribution in [0.5, 0.6) is 0 Å². The highest BCUT2D eigenvalue weighted by molar-refractivity contribution is 5.83. The van der Waals surface area contributed by atoms with Gasteiger partial charge in [-0.25, -0.2) is 4.98 Å². The van der Waals surface area contributed by atoms with Gasteiger partial charge in [0.2, 0.25) is 0 Å². The molecular weight excluding hydrogens is 288 g/mol. The maximum absolute atomic E-state index is 12.9. The van der Waals surface area contributed by atoms with Crippen LogP contribution in [0.3, 0.4) is 0 Å². The highest BCUT2D eigenvalue weighted by atomic mass is 16.1. The average Bonchev–Trinajstić information content (AvgIpc) is 2.57. The molecule has 1 aromatic heterocycles. The molecule has 0 amide bonds. The van der Waals surface area contributed by atoms with Crippen molar-refractivity contribution in [3.63, 3.8) is 0 Å². The molecule has 0 saturated carbocycles. The van der Waals surface area contributed by atoms with E-state index in [2.05, 4.69) is 18.8 Å². The van der Waals surface area contributed by atoms with Crippen LogP contribution in [0, 0.1) is 0 Å². The molecule has 0 aliphatic heterocycles. The summed E-state index contributed by atoms with van der Waals surface area (Å²) in [5.41, 5.74) is 0.931. The summed E-state index contributed by atoms with van der Waals surface area (Å²) >= 11 is 0. The van der Waals surface area contributed by atoms with E-state index in [1.165, 1.54) is 0 Å². The normalized spacial score (nSPS) is 11.7. The van der Waals surface area contributed by atoms with E-state index < -0.39 is 0 Å². The van der Waals surface area contributed by atoms with E-state index in [0.29, 0.717) is 16.5 Å². The number of aromatic nitrogens is 2. The van der Waals surface area contributed by atoms with Crippen molar-refractivity contribution in [2.75, 3.05) is 0 Å². The highest BCUT2D eigenvalue weighted by Gasteiger charge is 2.11. The Labute approximate surface area is 136 Å². The Balaban J connectivity index is 2.80. The summed E-state index contributed by atoms with van der Waals surface area (Å²) in [7, 11) is 0. The number of nitrogens with zero attached hydrogens (tertiary/aromatic N) is 2. The average molecular weight is 310 g/mol. The van der Waals surface area contributed by atoms with Gasteiger partial charge in [-0.2, -0.15) is 0 Å². The van der Waals surface area contributed by atoms with E-state index in [-0.39, 0.29) is 11.6 Å². The number of hydrogen-bond acceptors (Lipinski definition) is 3. The van der Waals surface area contributed by atoms with Crippen LogP contribution in [0.1, 0.15) is 49.5 Å². The van der Waals surface area contributed by atoms with E-state index in [1.54, 1.807) is 35.2 Å². The Morgan fingerprint density at radius 2 is 1.91 bits per heavy atom. The molecule has 1 aromatic carbocycles. The number of carbonyl (C=O) groups excluding carboxylic acids is 1. The minimum atomic E-state index is -0.0998. The quantitative estimate of drug-likeness (QED) is 0.782. The second-order valence-corrected chi connectivity index (χ2v) is 5.47. The van der Waals surface area contributed by atoms with Crippen molar-refractivity contribution in [2.24, 2.45) is 0 Å². The van der Waals surface area contributed by atoms with Gasteiger partial charge in [-0.3, -0.25) is 14.2 Å². The Bertz CT molecular complexity index is 795. The SMILES string of the molecule is CCCC(CC)n1cnc2ccccccc(C=O)cc2c1=O. The molecule has 4 nitrogen and oxygen atoms in total. The fraction of sp³-hybridized carbons (Fsp3) is 0.316. The van der Waals surface area contributed by atoms with E-state index in [9.17, 15) is 9.59 Å². The van der Waals surface area contributed by atoms with Gasteiger partial charge < -0.3 is 0 Å². The van der Waals surface area contributed by atoms with Crippen LogP contribution in [0.15, 0.2) is 53.6 Å². The zero-order valence-electron chi connectivity index (χ0n) is 13.6. The van der Waals surface area contributed by atoms with Crippen molar-refractivity contribution in [1.29, 1.82) is 0 Å². The van der Waals surface area contributed by atoms with Crippen molar-refractivity contribution >= 4 is 17.2 Å². The minimum Gasteiger partial charge on any atom is -0.298 e. The third kappa shape index (κ3) is 4.03. The fourth-order valence-corrected chi connectivity index (χ4v) is 2.63. The summed E-state index contributed by atoms with van der Waals surface area (Å²) in [5.74, 6) is 0. The molecule has 1 atom stereocenters. The van der Waals surface area contributed by atoms with Crippen LogP contribution in [0.4, 0.5) is 0 Å². The summed E-state index contributed by atoms with van der Waals surface area (Å²) < 4.78 is 1.69. The zero-order chi connectivity index (χ0) is 16.7. The molecule has 120 valence electrons. The summed E-state index contributed by atoms with van der Waals surface area (Å²) in [6, 6.07) is 12.5. The van der Waals surface area contributed by atoms with Crippen LogP contribution in [-0.4, -0.2) is 15.8 Å². The van der Waals surface area contributed by atoms with Gasteiger partial charge in [-0.05, 0) is 25.0 Å². The van der Waals surface area contributed by atoms with Crippen molar-refractivity contribution in [2.45, 2.75) is 39.2 Å². The first kappa shape index (κ1) is 16.9. The second-order valence-electron chi connectivity index (χ2n) is 5.47. The molecule has 4 heteroatoms. The molecule has 0 N–H and O–H groups in total. The molecule has 0 spiro atoms.